The fourth-order valence-electron chi connectivity index (χ4n) is 1.12. The standard InChI is InChI=1S/C8H6Cl2F4N2O2/c9-8(10)18-5(17)2-16-4(7(13)14)1-3(15-16)6(11)12/h1,6-8H,2H2. The number of ether oxygens (including phenoxy) is 1. The Bertz CT molecular complexity index is 425. The number of hydrogen-bond acceptors (Lipinski definition) is 3. The van der Waals surface area contributed by atoms with Gasteiger partial charge < -0.3 is 4.74 Å². The molecule has 18 heavy (non-hydrogen) atoms. The minimum absolute atomic E-state index is 0.421. The highest BCUT2D eigenvalue weighted by Crippen LogP contribution is 2.25. The number of carbonyl (C=O) groups is 1. The highest BCUT2D eigenvalue weighted by molar-refractivity contribution is 6.43. The first kappa shape index (κ1) is 15.0. The van der Waals surface area contributed by atoms with Gasteiger partial charge in [0, 0.05) is 0 Å². The summed E-state index contributed by atoms with van der Waals surface area (Å²) in [6, 6.07) is 0.515. The summed E-state index contributed by atoms with van der Waals surface area (Å²) >= 11 is 10.2. The van der Waals surface area contributed by atoms with E-state index in [2.05, 4.69) is 9.84 Å². The van der Waals surface area contributed by atoms with Crippen molar-refractivity contribution in [3.05, 3.63) is 17.5 Å². The molecule has 1 aromatic heterocycles. The molecular formula is C8H6Cl2F4N2O2. The molecule has 0 amide bonds. The van der Waals surface area contributed by atoms with E-state index >= 15 is 0 Å². The fraction of sp³-hybridized carbons (Fsp3) is 0.500. The Hall–Kier alpha value is -1.02. The average Bonchev–Trinajstić information content (AvgIpc) is 2.60. The van der Waals surface area contributed by atoms with E-state index in [1.807, 2.05) is 0 Å². The summed E-state index contributed by atoms with van der Waals surface area (Å²) in [7, 11) is 0. The van der Waals surface area contributed by atoms with Crippen LogP contribution in [0.25, 0.3) is 0 Å². The molecule has 0 N–H and O–H groups in total. The first-order valence-electron chi connectivity index (χ1n) is 4.42. The van der Waals surface area contributed by atoms with Crippen LogP contribution in [0.2, 0.25) is 0 Å². The van der Waals surface area contributed by atoms with Crippen molar-refractivity contribution in [1.82, 2.24) is 9.78 Å². The van der Waals surface area contributed by atoms with Gasteiger partial charge in [0.1, 0.15) is 17.9 Å². The first-order chi connectivity index (χ1) is 8.31. The quantitative estimate of drug-likeness (QED) is 0.477. The van der Waals surface area contributed by atoms with E-state index in [1.54, 1.807) is 0 Å². The maximum atomic E-state index is 12.5. The van der Waals surface area contributed by atoms with E-state index in [4.69, 9.17) is 23.2 Å². The molecule has 0 aliphatic carbocycles. The van der Waals surface area contributed by atoms with Gasteiger partial charge in [-0.25, -0.2) is 22.4 Å². The largest absolute Gasteiger partial charge is 0.430 e. The van der Waals surface area contributed by atoms with Gasteiger partial charge in [0.15, 0.2) is 0 Å². The SMILES string of the molecule is O=C(Cn1nc(C(F)F)cc1C(F)F)OC(Cl)Cl. The van der Waals surface area contributed by atoms with Crippen LogP contribution in [0.1, 0.15) is 24.2 Å². The molecule has 0 spiro atoms. The molecule has 0 atom stereocenters. The van der Waals surface area contributed by atoms with Crippen molar-refractivity contribution in [3.8, 4) is 0 Å². The number of alkyl halides is 6. The third-order valence-corrected chi connectivity index (χ3v) is 1.95. The first-order valence-corrected chi connectivity index (χ1v) is 5.30. The van der Waals surface area contributed by atoms with Gasteiger partial charge in [-0.1, -0.05) is 23.2 Å². The van der Waals surface area contributed by atoms with E-state index in [0.717, 1.165) is 0 Å². The molecule has 0 saturated carbocycles. The molecule has 0 saturated heterocycles. The Kier molecular flexibility index (Phi) is 5.21. The van der Waals surface area contributed by atoms with Gasteiger partial charge in [0.25, 0.3) is 17.9 Å². The monoisotopic (exact) mass is 308 g/mol. The molecule has 0 radical (unpaired) electrons. The Morgan fingerprint density at radius 3 is 2.39 bits per heavy atom. The molecule has 1 rings (SSSR count). The van der Waals surface area contributed by atoms with Gasteiger partial charge in [-0.3, -0.25) is 4.68 Å². The summed E-state index contributed by atoms with van der Waals surface area (Å²) in [5, 5.41) is 1.70. The number of hydrogen-bond donors (Lipinski definition) is 0. The van der Waals surface area contributed by atoms with Crippen molar-refractivity contribution in [1.29, 1.82) is 0 Å². The molecule has 0 unspecified atom stereocenters. The number of aromatic nitrogens is 2. The second kappa shape index (κ2) is 6.24. The van der Waals surface area contributed by atoms with Gasteiger partial charge in [0.2, 0.25) is 0 Å². The van der Waals surface area contributed by atoms with Crippen LogP contribution < -0.4 is 0 Å². The Morgan fingerprint density at radius 2 is 1.94 bits per heavy atom. The molecule has 0 aliphatic rings. The van der Waals surface area contributed by atoms with Crippen LogP contribution in [0.15, 0.2) is 6.07 Å². The minimum Gasteiger partial charge on any atom is -0.430 e. The minimum atomic E-state index is -3.06. The fourth-order valence-corrected chi connectivity index (χ4v) is 1.32. The number of halogens is 6. The highest BCUT2D eigenvalue weighted by Gasteiger charge is 2.23. The lowest BCUT2D eigenvalue weighted by atomic mass is 10.3. The summed E-state index contributed by atoms with van der Waals surface area (Å²) < 4.78 is 54.3. The maximum Gasteiger partial charge on any atom is 0.330 e. The molecule has 102 valence electrons. The summed E-state index contributed by atoms with van der Waals surface area (Å²) in [4.78, 5) is 11.1. The van der Waals surface area contributed by atoms with Gasteiger partial charge in [-0.05, 0) is 6.07 Å². The summed E-state index contributed by atoms with van der Waals surface area (Å²) in [5.74, 6) is -1.07. The summed E-state index contributed by atoms with van der Waals surface area (Å²) in [6.07, 6.45) is -6.07. The average molecular weight is 309 g/mol. The van der Waals surface area contributed by atoms with Crippen molar-refractivity contribution in [3.63, 3.8) is 0 Å². The Morgan fingerprint density at radius 1 is 1.33 bits per heavy atom. The summed E-state index contributed by atoms with van der Waals surface area (Å²) in [5.41, 5.74) is -1.67. The van der Waals surface area contributed by atoms with Crippen molar-refractivity contribution < 1.29 is 27.1 Å². The van der Waals surface area contributed by atoms with E-state index in [-0.39, 0.29) is 0 Å². The van der Waals surface area contributed by atoms with Crippen LogP contribution in [0, 0.1) is 0 Å². The zero-order valence-electron chi connectivity index (χ0n) is 8.50. The van der Waals surface area contributed by atoms with Crippen molar-refractivity contribution in [2.24, 2.45) is 0 Å². The van der Waals surface area contributed by atoms with Crippen LogP contribution in [-0.2, 0) is 16.1 Å². The zero-order valence-corrected chi connectivity index (χ0v) is 10.0. The van der Waals surface area contributed by atoms with Gasteiger partial charge in [0.05, 0.1) is 0 Å². The second-order valence-corrected chi connectivity index (χ2v) is 4.02. The number of rotatable bonds is 5. The molecular weight excluding hydrogens is 303 g/mol. The lowest BCUT2D eigenvalue weighted by Gasteiger charge is -2.07. The third kappa shape index (κ3) is 4.02. The maximum absolute atomic E-state index is 12.5. The lowest BCUT2D eigenvalue weighted by molar-refractivity contribution is -0.144. The predicted octanol–water partition coefficient (Wildman–Crippen LogP) is 3.06. The van der Waals surface area contributed by atoms with Crippen molar-refractivity contribution in [2.75, 3.05) is 0 Å². The number of esters is 1. The van der Waals surface area contributed by atoms with Crippen LogP contribution in [0.5, 0.6) is 0 Å². The number of carbonyl (C=O) groups excluding carboxylic acids is 1. The van der Waals surface area contributed by atoms with E-state index in [9.17, 15) is 22.4 Å². The second-order valence-electron chi connectivity index (χ2n) is 3.00. The smallest absolute Gasteiger partial charge is 0.330 e. The zero-order chi connectivity index (χ0) is 13.9. The van der Waals surface area contributed by atoms with Gasteiger partial charge in [-0.2, -0.15) is 5.10 Å². The topological polar surface area (TPSA) is 44.1 Å². The van der Waals surface area contributed by atoms with Gasteiger partial charge >= 0.3 is 5.97 Å². The molecule has 0 aromatic carbocycles. The molecule has 1 aromatic rings. The molecule has 0 fully saturated rings. The number of nitrogens with zero attached hydrogens (tertiary/aromatic N) is 2. The molecule has 0 aliphatic heterocycles. The van der Waals surface area contributed by atoms with Crippen LogP contribution in [-0.4, -0.2) is 20.8 Å². The normalized spacial score (nSPS) is 11.6. The van der Waals surface area contributed by atoms with Crippen LogP contribution >= 0.6 is 23.2 Å². The van der Waals surface area contributed by atoms with Gasteiger partial charge in [-0.15, -0.1) is 0 Å². The Labute approximate surface area is 108 Å². The molecule has 10 heteroatoms. The van der Waals surface area contributed by atoms with Crippen LogP contribution in [0.3, 0.4) is 0 Å². The van der Waals surface area contributed by atoms with Crippen LogP contribution in [0.4, 0.5) is 17.6 Å². The van der Waals surface area contributed by atoms with E-state index in [1.165, 1.54) is 0 Å². The lowest BCUT2D eigenvalue weighted by Crippen LogP contribution is -2.18. The molecule has 0 bridgehead atoms. The molecule has 4 nitrogen and oxygen atoms in total. The van der Waals surface area contributed by atoms with Crippen molar-refractivity contribution >= 4 is 29.2 Å². The third-order valence-electron chi connectivity index (χ3n) is 1.78. The van der Waals surface area contributed by atoms with E-state index in [0.29, 0.717) is 10.7 Å². The summed E-state index contributed by atoms with van der Waals surface area (Å²) in [6.45, 7) is -0.789. The Balaban J connectivity index is 2.89. The predicted molar refractivity (Wildman–Crippen MR) is 53.7 cm³/mol. The van der Waals surface area contributed by atoms with E-state index < -0.39 is 41.8 Å². The molecule has 1 heterocycles. The van der Waals surface area contributed by atoms with Crippen molar-refractivity contribution in [2.45, 2.75) is 24.4 Å². The highest BCUT2D eigenvalue weighted by atomic mass is 35.5.